The summed E-state index contributed by atoms with van der Waals surface area (Å²) in [5.41, 5.74) is 3.59. The average Bonchev–Trinajstić information content (AvgIpc) is 2.11. The van der Waals surface area contributed by atoms with Gasteiger partial charge in [-0.15, -0.1) is 0 Å². The highest BCUT2D eigenvalue weighted by atomic mass is 35.5. The minimum atomic E-state index is -0.0401. The van der Waals surface area contributed by atoms with Gasteiger partial charge in [0, 0.05) is 12.1 Å². The number of rotatable bonds is 2. The van der Waals surface area contributed by atoms with Crippen LogP contribution in [0.2, 0.25) is 5.02 Å². The molecule has 3 nitrogen and oxygen atoms in total. The summed E-state index contributed by atoms with van der Waals surface area (Å²) < 4.78 is 0. The van der Waals surface area contributed by atoms with Crippen LogP contribution in [0.3, 0.4) is 0 Å². The third-order valence-electron chi connectivity index (χ3n) is 2.28. The quantitative estimate of drug-likeness (QED) is 0.684. The molecule has 0 fully saturated rings. The fraction of sp³-hybridized carbons (Fsp3) is 0.455. The number of benzene rings is 1. The normalized spacial score (nSPS) is 11.8. The first kappa shape index (κ1) is 12.3. The highest BCUT2D eigenvalue weighted by molar-refractivity contribution is 6.32. The van der Waals surface area contributed by atoms with Gasteiger partial charge in [-0.25, -0.2) is 5.48 Å². The van der Waals surface area contributed by atoms with Crippen molar-refractivity contribution in [2.75, 3.05) is 0 Å². The van der Waals surface area contributed by atoms with Gasteiger partial charge in [-0.3, -0.25) is 0 Å². The fourth-order valence-corrected chi connectivity index (χ4v) is 1.55. The van der Waals surface area contributed by atoms with E-state index in [0.717, 1.165) is 5.56 Å². The predicted molar refractivity (Wildman–Crippen MR) is 60.4 cm³/mol. The van der Waals surface area contributed by atoms with E-state index in [1.54, 1.807) is 6.07 Å². The molecule has 0 spiro atoms. The Morgan fingerprint density at radius 3 is 2.40 bits per heavy atom. The maximum Gasteiger partial charge on any atom is 0.138 e. The van der Waals surface area contributed by atoms with E-state index in [1.165, 1.54) is 0 Å². The fourth-order valence-electron chi connectivity index (χ4n) is 1.31. The Hall–Kier alpha value is -0.770. The molecule has 84 valence electrons. The minimum absolute atomic E-state index is 0.0196. The summed E-state index contributed by atoms with van der Waals surface area (Å²) in [5.74, 6) is 0.0196. The van der Waals surface area contributed by atoms with Crippen LogP contribution in [0.4, 0.5) is 0 Å². The average molecular weight is 230 g/mol. The van der Waals surface area contributed by atoms with Gasteiger partial charge >= 0.3 is 0 Å². The number of hydrogen-bond acceptors (Lipinski definition) is 3. The van der Waals surface area contributed by atoms with Gasteiger partial charge in [0.25, 0.3) is 0 Å². The number of aromatic hydroxyl groups is 1. The standard InChI is InChI=1S/C11H16ClNO2/c1-11(2,3)8-4-7(6-13-15)10(14)9(12)5-8/h4-5,13-15H,6H2,1-3H3. The van der Waals surface area contributed by atoms with Crippen molar-refractivity contribution in [2.24, 2.45) is 0 Å². The maximum absolute atomic E-state index is 9.64. The van der Waals surface area contributed by atoms with Gasteiger partial charge in [0.2, 0.25) is 0 Å². The summed E-state index contributed by atoms with van der Waals surface area (Å²) in [6, 6.07) is 3.59. The van der Waals surface area contributed by atoms with E-state index >= 15 is 0 Å². The number of phenolic OH excluding ortho intramolecular Hbond substituents is 1. The van der Waals surface area contributed by atoms with Gasteiger partial charge in [-0.2, -0.15) is 0 Å². The first-order chi connectivity index (χ1) is 6.86. The van der Waals surface area contributed by atoms with Crippen LogP contribution in [-0.2, 0) is 12.0 Å². The van der Waals surface area contributed by atoms with Gasteiger partial charge in [0.05, 0.1) is 5.02 Å². The minimum Gasteiger partial charge on any atom is -0.506 e. The lowest BCUT2D eigenvalue weighted by atomic mass is 9.86. The van der Waals surface area contributed by atoms with Crippen molar-refractivity contribution >= 4 is 11.6 Å². The molecule has 0 saturated carbocycles. The Bertz CT molecular complexity index is 358. The Morgan fingerprint density at radius 1 is 1.33 bits per heavy atom. The molecule has 1 rings (SSSR count). The van der Waals surface area contributed by atoms with Crippen LogP contribution in [-0.4, -0.2) is 10.3 Å². The van der Waals surface area contributed by atoms with Crippen LogP contribution in [0.15, 0.2) is 12.1 Å². The molecule has 4 heteroatoms. The van der Waals surface area contributed by atoms with Crippen molar-refractivity contribution in [3.8, 4) is 5.75 Å². The molecule has 15 heavy (non-hydrogen) atoms. The Morgan fingerprint density at radius 2 is 1.93 bits per heavy atom. The monoisotopic (exact) mass is 229 g/mol. The van der Waals surface area contributed by atoms with Crippen molar-refractivity contribution in [2.45, 2.75) is 32.7 Å². The number of nitrogens with one attached hydrogen (secondary N) is 1. The van der Waals surface area contributed by atoms with E-state index in [4.69, 9.17) is 16.8 Å². The summed E-state index contributed by atoms with van der Waals surface area (Å²) in [4.78, 5) is 0. The van der Waals surface area contributed by atoms with Crippen LogP contribution in [0.25, 0.3) is 0 Å². The SMILES string of the molecule is CC(C)(C)c1cc(Cl)c(O)c(CNO)c1. The van der Waals surface area contributed by atoms with Gasteiger partial charge < -0.3 is 10.3 Å². The van der Waals surface area contributed by atoms with Gasteiger partial charge in [-0.1, -0.05) is 38.4 Å². The van der Waals surface area contributed by atoms with Crippen molar-refractivity contribution in [1.82, 2.24) is 5.48 Å². The summed E-state index contributed by atoms with van der Waals surface area (Å²) in [6.07, 6.45) is 0. The molecule has 0 aliphatic rings. The van der Waals surface area contributed by atoms with E-state index in [2.05, 4.69) is 20.8 Å². The molecule has 0 aliphatic carbocycles. The molecule has 0 unspecified atom stereocenters. The summed E-state index contributed by atoms with van der Waals surface area (Å²) >= 11 is 5.90. The molecule has 0 aliphatic heterocycles. The van der Waals surface area contributed by atoms with E-state index < -0.39 is 0 Å². The lowest BCUT2D eigenvalue weighted by molar-refractivity contribution is 0.160. The van der Waals surface area contributed by atoms with Gasteiger partial charge in [0.1, 0.15) is 5.75 Å². The van der Waals surface area contributed by atoms with Crippen LogP contribution < -0.4 is 5.48 Å². The predicted octanol–water partition coefficient (Wildman–Crippen LogP) is 2.82. The third kappa shape index (κ3) is 2.84. The lowest BCUT2D eigenvalue weighted by Crippen LogP contribution is -2.13. The molecule has 0 heterocycles. The van der Waals surface area contributed by atoms with Gasteiger partial charge in [-0.05, 0) is 17.0 Å². The molecule has 0 amide bonds. The highest BCUT2D eigenvalue weighted by Crippen LogP contribution is 2.33. The van der Waals surface area contributed by atoms with E-state index in [1.807, 2.05) is 11.5 Å². The van der Waals surface area contributed by atoms with E-state index in [0.29, 0.717) is 10.6 Å². The maximum atomic E-state index is 9.64. The topological polar surface area (TPSA) is 52.5 Å². The van der Waals surface area contributed by atoms with Crippen LogP contribution in [0.5, 0.6) is 5.75 Å². The molecule has 0 radical (unpaired) electrons. The molecule has 1 aromatic rings. The number of hydrogen-bond donors (Lipinski definition) is 3. The third-order valence-corrected chi connectivity index (χ3v) is 2.57. The van der Waals surface area contributed by atoms with Crippen LogP contribution in [0.1, 0.15) is 31.9 Å². The Kier molecular flexibility index (Phi) is 3.60. The van der Waals surface area contributed by atoms with Crippen molar-refractivity contribution in [1.29, 1.82) is 0 Å². The van der Waals surface area contributed by atoms with Crippen molar-refractivity contribution in [3.05, 3.63) is 28.3 Å². The number of hydroxylamine groups is 1. The van der Waals surface area contributed by atoms with Crippen LogP contribution >= 0.6 is 11.6 Å². The molecule has 0 aromatic heterocycles. The molecule has 3 N–H and O–H groups in total. The zero-order valence-electron chi connectivity index (χ0n) is 9.13. The molecular formula is C11H16ClNO2. The van der Waals surface area contributed by atoms with E-state index in [9.17, 15) is 5.11 Å². The second-order valence-electron chi connectivity index (χ2n) is 4.55. The first-order valence-electron chi connectivity index (χ1n) is 4.75. The Labute approximate surface area is 94.7 Å². The summed E-state index contributed by atoms with van der Waals surface area (Å²) in [6.45, 7) is 6.36. The summed E-state index contributed by atoms with van der Waals surface area (Å²) in [5, 5.41) is 18.6. The van der Waals surface area contributed by atoms with Crippen molar-refractivity contribution in [3.63, 3.8) is 0 Å². The lowest BCUT2D eigenvalue weighted by Gasteiger charge is -2.21. The molecule has 0 bridgehead atoms. The number of phenols is 1. The second kappa shape index (κ2) is 4.39. The molecule has 0 saturated heterocycles. The largest absolute Gasteiger partial charge is 0.506 e. The zero-order valence-corrected chi connectivity index (χ0v) is 9.89. The molecular weight excluding hydrogens is 214 g/mol. The second-order valence-corrected chi connectivity index (χ2v) is 4.96. The van der Waals surface area contributed by atoms with Crippen LogP contribution in [0, 0.1) is 0 Å². The molecule has 0 atom stereocenters. The Balaban J connectivity index is 3.23. The molecule has 1 aromatic carbocycles. The van der Waals surface area contributed by atoms with Gasteiger partial charge in [0.15, 0.2) is 0 Å². The summed E-state index contributed by atoms with van der Waals surface area (Å²) in [7, 11) is 0. The zero-order chi connectivity index (χ0) is 11.6. The first-order valence-corrected chi connectivity index (χ1v) is 5.13. The highest BCUT2D eigenvalue weighted by Gasteiger charge is 2.17. The van der Waals surface area contributed by atoms with E-state index in [-0.39, 0.29) is 17.7 Å². The number of halogens is 1. The van der Waals surface area contributed by atoms with Crippen molar-refractivity contribution < 1.29 is 10.3 Å². The smallest absolute Gasteiger partial charge is 0.138 e.